The monoisotopic (exact) mass is 176 g/mol. The minimum absolute atomic E-state index is 0.0882. The highest BCUT2D eigenvalue weighted by molar-refractivity contribution is 7.80. The van der Waals surface area contributed by atoms with Crippen molar-refractivity contribution in [2.75, 3.05) is 26.4 Å². The zero-order chi connectivity index (χ0) is 8.10. The molecular formula is C6H12N2O2S. The van der Waals surface area contributed by atoms with Crippen LogP contribution < -0.4 is 11.1 Å². The van der Waals surface area contributed by atoms with E-state index >= 15 is 0 Å². The molecule has 0 amide bonds. The minimum Gasteiger partial charge on any atom is -0.376 e. The average molecular weight is 176 g/mol. The Balaban J connectivity index is 2.09. The first-order valence-electron chi connectivity index (χ1n) is 3.51. The fourth-order valence-corrected chi connectivity index (χ4v) is 0.952. The molecule has 64 valence electrons. The average Bonchev–Trinajstić information content (AvgIpc) is 2.03. The van der Waals surface area contributed by atoms with Gasteiger partial charge in [-0.2, -0.15) is 0 Å². The number of thiocarbonyl (C=S) groups is 1. The minimum atomic E-state index is 0.0882. The number of hydrogen-bond donors (Lipinski definition) is 2. The van der Waals surface area contributed by atoms with Gasteiger partial charge in [0.25, 0.3) is 0 Å². The van der Waals surface area contributed by atoms with Gasteiger partial charge in [0.1, 0.15) is 0 Å². The highest BCUT2D eigenvalue weighted by Gasteiger charge is 2.13. The van der Waals surface area contributed by atoms with Crippen LogP contribution in [0, 0.1) is 0 Å². The highest BCUT2D eigenvalue weighted by Crippen LogP contribution is 1.98. The van der Waals surface area contributed by atoms with Crippen LogP contribution in [0.25, 0.3) is 0 Å². The number of hydrogen-bond acceptors (Lipinski definition) is 3. The third-order valence-corrected chi connectivity index (χ3v) is 1.53. The third-order valence-electron chi connectivity index (χ3n) is 1.39. The third kappa shape index (κ3) is 3.50. The summed E-state index contributed by atoms with van der Waals surface area (Å²) in [6.07, 6.45) is 0.0882. The summed E-state index contributed by atoms with van der Waals surface area (Å²) in [4.78, 5) is 0. The van der Waals surface area contributed by atoms with Crippen LogP contribution in [-0.4, -0.2) is 37.6 Å². The number of ether oxygens (including phenoxy) is 2. The van der Waals surface area contributed by atoms with Crippen molar-refractivity contribution in [2.45, 2.75) is 6.10 Å². The van der Waals surface area contributed by atoms with Gasteiger partial charge in [-0.3, -0.25) is 0 Å². The SMILES string of the molecule is NC(=S)NCC1COCCO1. The Hall–Kier alpha value is -0.390. The molecule has 0 aromatic carbocycles. The lowest BCUT2D eigenvalue weighted by Gasteiger charge is -2.22. The summed E-state index contributed by atoms with van der Waals surface area (Å²) in [5, 5.41) is 3.12. The van der Waals surface area contributed by atoms with Crippen LogP contribution in [0.2, 0.25) is 0 Å². The fraction of sp³-hybridized carbons (Fsp3) is 0.833. The van der Waals surface area contributed by atoms with Crippen molar-refractivity contribution in [3.63, 3.8) is 0 Å². The van der Waals surface area contributed by atoms with Crippen molar-refractivity contribution in [1.29, 1.82) is 0 Å². The van der Waals surface area contributed by atoms with Gasteiger partial charge < -0.3 is 20.5 Å². The summed E-state index contributed by atoms with van der Waals surface area (Å²) < 4.78 is 10.5. The topological polar surface area (TPSA) is 56.5 Å². The maximum Gasteiger partial charge on any atom is 0.163 e. The van der Waals surface area contributed by atoms with E-state index in [4.69, 9.17) is 15.2 Å². The molecule has 0 radical (unpaired) electrons. The molecule has 0 aromatic rings. The smallest absolute Gasteiger partial charge is 0.163 e. The Morgan fingerprint density at radius 1 is 1.64 bits per heavy atom. The van der Waals surface area contributed by atoms with Crippen LogP contribution in [0.3, 0.4) is 0 Å². The predicted molar refractivity (Wildman–Crippen MR) is 45.3 cm³/mol. The van der Waals surface area contributed by atoms with E-state index in [0.29, 0.717) is 31.5 Å². The maximum atomic E-state index is 5.33. The molecule has 1 saturated heterocycles. The van der Waals surface area contributed by atoms with Crippen LogP contribution in [0.5, 0.6) is 0 Å². The first-order valence-corrected chi connectivity index (χ1v) is 3.92. The second-order valence-corrected chi connectivity index (χ2v) is 2.75. The van der Waals surface area contributed by atoms with Gasteiger partial charge in [0.05, 0.1) is 25.9 Å². The molecule has 1 rings (SSSR count). The molecule has 1 unspecified atom stereocenters. The molecule has 1 aliphatic heterocycles. The van der Waals surface area contributed by atoms with Crippen LogP contribution in [-0.2, 0) is 9.47 Å². The van der Waals surface area contributed by atoms with E-state index in [-0.39, 0.29) is 6.10 Å². The molecule has 1 fully saturated rings. The lowest BCUT2D eigenvalue weighted by Crippen LogP contribution is -2.41. The molecule has 0 bridgehead atoms. The predicted octanol–water partition coefficient (Wildman–Crippen LogP) is -0.765. The van der Waals surface area contributed by atoms with Gasteiger partial charge in [-0.05, 0) is 12.2 Å². The summed E-state index contributed by atoms with van der Waals surface area (Å²) in [7, 11) is 0. The van der Waals surface area contributed by atoms with Crippen molar-refractivity contribution < 1.29 is 9.47 Å². The van der Waals surface area contributed by atoms with Crippen LogP contribution >= 0.6 is 12.2 Å². The maximum absolute atomic E-state index is 5.33. The summed E-state index contributed by atoms with van der Waals surface area (Å²) >= 11 is 4.63. The molecule has 0 spiro atoms. The Labute approximate surface area is 71.0 Å². The Bertz CT molecular complexity index is 137. The molecule has 0 aromatic heterocycles. The molecule has 0 aliphatic carbocycles. The molecule has 5 heteroatoms. The fourth-order valence-electron chi connectivity index (χ4n) is 0.869. The lowest BCUT2D eigenvalue weighted by molar-refractivity contribution is -0.0849. The molecule has 1 atom stereocenters. The number of rotatable bonds is 2. The zero-order valence-electron chi connectivity index (χ0n) is 6.21. The molecule has 1 heterocycles. The molecule has 11 heavy (non-hydrogen) atoms. The molecule has 0 saturated carbocycles. The van der Waals surface area contributed by atoms with E-state index in [1.807, 2.05) is 0 Å². The van der Waals surface area contributed by atoms with Crippen molar-refractivity contribution in [1.82, 2.24) is 5.32 Å². The summed E-state index contributed by atoms with van der Waals surface area (Å²) in [5.74, 6) is 0. The van der Waals surface area contributed by atoms with Crippen LogP contribution in [0.4, 0.5) is 0 Å². The van der Waals surface area contributed by atoms with Gasteiger partial charge in [0.2, 0.25) is 0 Å². The number of nitrogens with two attached hydrogens (primary N) is 1. The van der Waals surface area contributed by atoms with Gasteiger partial charge in [-0.15, -0.1) is 0 Å². The van der Waals surface area contributed by atoms with E-state index < -0.39 is 0 Å². The zero-order valence-corrected chi connectivity index (χ0v) is 7.02. The molecule has 4 nitrogen and oxygen atoms in total. The Kier molecular flexibility index (Phi) is 3.55. The van der Waals surface area contributed by atoms with Gasteiger partial charge in [0, 0.05) is 6.54 Å². The highest BCUT2D eigenvalue weighted by atomic mass is 32.1. The molecule has 1 aliphatic rings. The summed E-state index contributed by atoms with van der Waals surface area (Å²) in [5.41, 5.74) is 5.23. The van der Waals surface area contributed by atoms with Gasteiger partial charge >= 0.3 is 0 Å². The summed E-state index contributed by atoms with van der Waals surface area (Å²) in [6.45, 7) is 2.60. The van der Waals surface area contributed by atoms with Crippen molar-refractivity contribution in [3.8, 4) is 0 Å². The Morgan fingerprint density at radius 2 is 2.45 bits per heavy atom. The number of nitrogens with one attached hydrogen (secondary N) is 1. The second-order valence-electron chi connectivity index (χ2n) is 2.31. The van der Waals surface area contributed by atoms with E-state index in [2.05, 4.69) is 17.5 Å². The van der Waals surface area contributed by atoms with Crippen molar-refractivity contribution >= 4 is 17.3 Å². The molecule has 3 N–H and O–H groups in total. The van der Waals surface area contributed by atoms with Crippen molar-refractivity contribution in [3.05, 3.63) is 0 Å². The lowest BCUT2D eigenvalue weighted by atomic mass is 10.3. The van der Waals surface area contributed by atoms with E-state index in [9.17, 15) is 0 Å². The van der Waals surface area contributed by atoms with Gasteiger partial charge in [-0.1, -0.05) is 0 Å². The van der Waals surface area contributed by atoms with Crippen LogP contribution in [0.15, 0.2) is 0 Å². The first kappa shape index (κ1) is 8.70. The van der Waals surface area contributed by atoms with E-state index in [1.54, 1.807) is 0 Å². The molecular weight excluding hydrogens is 164 g/mol. The quantitative estimate of drug-likeness (QED) is 0.541. The van der Waals surface area contributed by atoms with Crippen molar-refractivity contribution in [2.24, 2.45) is 5.73 Å². The van der Waals surface area contributed by atoms with Crippen LogP contribution in [0.1, 0.15) is 0 Å². The summed E-state index contributed by atoms with van der Waals surface area (Å²) in [6, 6.07) is 0. The standard InChI is InChI=1S/C6H12N2O2S/c7-6(11)8-3-5-4-9-1-2-10-5/h5H,1-4H2,(H3,7,8,11). The largest absolute Gasteiger partial charge is 0.376 e. The normalized spacial score (nSPS) is 24.5. The Morgan fingerprint density at radius 3 is 3.00 bits per heavy atom. The van der Waals surface area contributed by atoms with E-state index in [0.717, 1.165) is 0 Å². The second kappa shape index (κ2) is 4.48. The first-order chi connectivity index (χ1) is 5.29. The van der Waals surface area contributed by atoms with E-state index in [1.165, 1.54) is 0 Å². The van der Waals surface area contributed by atoms with Gasteiger partial charge in [-0.25, -0.2) is 0 Å². The van der Waals surface area contributed by atoms with Gasteiger partial charge in [0.15, 0.2) is 5.11 Å².